The number of rotatable bonds is 5. The molecule has 0 amide bonds. The molecule has 0 aliphatic carbocycles. The zero-order valence-electron chi connectivity index (χ0n) is 10.6. The van der Waals surface area contributed by atoms with Crippen molar-refractivity contribution in [1.29, 1.82) is 0 Å². The van der Waals surface area contributed by atoms with Crippen molar-refractivity contribution >= 4 is 32.7 Å². The number of aryl methyl sites for hydroxylation is 1. The summed E-state index contributed by atoms with van der Waals surface area (Å²) in [4.78, 5) is 5.25. The second-order valence-electron chi connectivity index (χ2n) is 4.13. The fraction of sp³-hybridized carbons (Fsp3) is 0.364. The van der Waals surface area contributed by atoms with E-state index in [2.05, 4.69) is 9.71 Å². The number of hydrogen-bond acceptors (Lipinski definition) is 6. The van der Waals surface area contributed by atoms with E-state index < -0.39 is 10.0 Å². The highest BCUT2D eigenvalue weighted by atomic mass is 32.2. The van der Waals surface area contributed by atoms with E-state index in [9.17, 15) is 8.42 Å². The summed E-state index contributed by atoms with van der Waals surface area (Å²) in [7, 11) is -3.51. The Morgan fingerprint density at radius 2 is 2.26 bits per heavy atom. The van der Waals surface area contributed by atoms with Gasteiger partial charge in [-0.05, 0) is 30.9 Å². The predicted molar refractivity (Wildman–Crippen MR) is 77.8 cm³/mol. The van der Waals surface area contributed by atoms with Gasteiger partial charge in [-0.2, -0.15) is 0 Å². The fourth-order valence-electron chi connectivity index (χ4n) is 1.51. The third kappa shape index (κ3) is 3.40. The standard InChI is InChI=1S/C11H15N3O2S3/c1-7-5-13-11(18-7)8(2)14-19(15,16)10-3-9(4-12)6-17-10/h3,5-6,8,14H,4,12H2,1-2H3. The molecule has 2 rings (SSSR count). The van der Waals surface area contributed by atoms with Crippen LogP contribution < -0.4 is 10.5 Å². The average molecular weight is 317 g/mol. The van der Waals surface area contributed by atoms with E-state index in [0.717, 1.165) is 15.4 Å². The number of thiophene rings is 1. The minimum atomic E-state index is -3.51. The third-order valence-corrected chi connectivity index (χ3v) is 6.60. The molecule has 0 aliphatic heterocycles. The highest BCUT2D eigenvalue weighted by Gasteiger charge is 2.21. The predicted octanol–water partition coefficient (Wildman–Crippen LogP) is 2.01. The van der Waals surface area contributed by atoms with Crippen LogP contribution in [0.15, 0.2) is 21.9 Å². The minimum Gasteiger partial charge on any atom is -0.326 e. The van der Waals surface area contributed by atoms with Crippen LogP contribution in [-0.4, -0.2) is 13.4 Å². The molecule has 1 unspecified atom stereocenters. The molecule has 0 spiro atoms. The quantitative estimate of drug-likeness (QED) is 0.883. The van der Waals surface area contributed by atoms with E-state index in [1.54, 1.807) is 24.6 Å². The second-order valence-corrected chi connectivity index (χ2v) is 8.25. The summed E-state index contributed by atoms with van der Waals surface area (Å²) in [6.45, 7) is 4.07. The molecule has 2 aromatic heterocycles. The number of hydrogen-bond donors (Lipinski definition) is 2. The van der Waals surface area contributed by atoms with Crippen molar-refractivity contribution < 1.29 is 8.42 Å². The maximum absolute atomic E-state index is 12.2. The number of nitrogens with one attached hydrogen (secondary N) is 1. The topological polar surface area (TPSA) is 85.1 Å². The van der Waals surface area contributed by atoms with Gasteiger partial charge < -0.3 is 5.73 Å². The average Bonchev–Trinajstić information content (AvgIpc) is 2.96. The molecule has 19 heavy (non-hydrogen) atoms. The normalized spacial score (nSPS) is 13.6. The van der Waals surface area contributed by atoms with Crippen molar-refractivity contribution in [2.45, 2.75) is 30.6 Å². The Balaban J connectivity index is 2.17. The van der Waals surface area contributed by atoms with Gasteiger partial charge in [-0.25, -0.2) is 18.1 Å². The summed E-state index contributed by atoms with van der Waals surface area (Å²) in [5.74, 6) is 0. The van der Waals surface area contributed by atoms with Gasteiger partial charge in [0.05, 0.1) is 6.04 Å². The van der Waals surface area contributed by atoms with Crippen molar-refractivity contribution in [3.05, 3.63) is 33.1 Å². The van der Waals surface area contributed by atoms with E-state index in [1.165, 1.54) is 22.7 Å². The summed E-state index contributed by atoms with van der Waals surface area (Å²) in [5, 5.41) is 2.52. The van der Waals surface area contributed by atoms with Gasteiger partial charge in [-0.15, -0.1) is 22.7 Å². The molecule has 0 radical (unpaired) electrons. The molecule has 0 bridgehead atoms. The zero-order valence-corrected chi connectivity index (χ0v) is 13.0. The minimum absolute atomic E-state index is 0.285. The molecule has 5 nitrogen and oxygen atoms in total. The molecule has 0 aromatic carbocycles. The van der Waals surface area contributed by atoms with Gasteiger partial charge in [-0.3, -0.25) is 0 Å². The van der Waals surface area contributed by atoms with Gasteiger partial charge in [0.1, 0.15) is 9.22 Å². The third-order valence-electron chi connectivity index (χ3n) is 2.47. The van der Waals surface area contributed by atoms with E-state index in [1.807, 2.05) is 6.92 Å². The van der Waals surface area contributed by atoms with Crippen molar-refractivity contribution in [2.24, 2.45) is 5.73 Å². The second kappa shape index (κ2) is 5.68. The lowest BCUT2D eigenvalue weighted by atomic mass is 10.4. The van der Waals surface area contributed by atoms with Crippen LogP contribution in [0, 0.1) is 6.92 Å². The van der Waals surface area contributed by atoms with E-state index in [-0.39, 0.29) is 10.3 Å². The summed E-state index contributed by atoms with van der Waals surface area (Å²) in [5.41, 5.74) is 6.31. The fourth-order valence-corrected chi connectivity index (χ4v) is 4.81. The maximum atomic E-state index is 12.2. The van der Waals surface area contributed by atoms with Gasteiger partial charge >= 0.3 is 0 Å². The first-order valence-electron chi connectivity index (χ1n) is 5.64. The van der Waals surface area contributed by atoms with Crippen molar-refractivity contribution in [1.82, 2.24) is 9.71 Å². The lowest BCUT2D eigenvalue weighted by Gasteiger charge is -2.10. The lowest BCUT2D eigenvalue weighted by molar-refractivity contribution is 0.568. The molecule has 2 aromatic rings. The molecule has 2 heterocycles. The highest BCUT2D eigenvalue weighted by Crippen LogP contribution is 2.24. The van der Waals surface area contributed by atoms with Crippen LogP contribution in [0.2, 0.25) is 0 Å². The molecular weight excluding hydrogens is 302 g/mol. The zero-order chi connectivity index (χ0) is 14.0. The molecule has 8 heteroatoms. The largest absolute Gasteiger partial charge is 0.326 e. The van der Waals surface area contributed by atoms with E-state index >= 15 is 0 Å². The molecule has 0 saturated heterocycles. The molecule has 0 saturated carbocycles. The van der Waals surface area contributed by atoms with Gasteiger partial charge in [0.25, 0.3) is 10.0 Å². The molecule has 0 aliphatic rings. The van der Waals surface area contributed by atoms with Gasteiger partial charge in [-0.1, -0.05) is 0 Å². The Labute approximate surface area is 120 Å². The SMILES string of the molecule is Cc1cnc(C(C)NS(=O)(=O)c2cc(CN)cs2)s1. The number of thiazole rings is 1. The van der Waals surface area contributed by atoms with E-state index in [0.29, 0.717) is 6.54 Å². The summed E-state index contributed by atoms with van der Waals surface area (Å²) < 4.78 is 27.3. The summed E-state index contributed by atoms with van der Waals surface area (Å²) >= 11 is 2.66. The van der Waals surface area contributed by atoms with Gasteiger partial charge in [0.2, 0.25) is 0 Å². The Kier molecular flexibility index (Phi) is 4.36. The van der Waals surface area contributed by atoms with Crippen LogP contribution in [0.1, 0.15) is 28.4 Å². The maximum Gasteiger partial charge on any atom is 0.250 e. The number of nitrogens with two attached hydrogens (primary N) is 1. The Morgan fingerprint density at radius 1 is 1.53 bits per heavy atom. The van der Waals surface area contributed by atoms with Crippen LogP contribution >= 0.6 is 22.7 Å². The molecule has 104 valence electrons. The number of nitrogens with zero attached hydrogens (tertiary/aromatic N) is 1. The molecule has 0 fully saturated rings. The number of aromatic nitrogens is 1. The van der Waals surface area contributed by atoms with Crippen LogP contribution in [0.3, 0.4) is 0 Å². The molecular formula is C11H15N3O2S3. The van der Waals surface area contributed by atoms with Crippen LogP contribution in [-0.2, 0) is 16.6 Å². The van der Waals surface area contributed by atoms with Gasteiger partial charge in [0.15, 0.2) is 0 Å². The van der Waals surface area contributed by atoms with Crippen LogP contribution in [0.5, 0.6) is 0 Å². The first-order chi connectivity index (χ1) is 8.92. The van der Waals surface area contributed by atoms with Crippen molar-refractivity contribution in [3.8, 4) is 0 Å². The highest BCUT2D eigenvalue weighted by molar-refractivity contribution is 7.91. The van der Waals surface area contributed by atoms with Gasteiger partial charge in [0, 0.05) is 17.6 Å². The molecule has 3 N–H and O–H groups in total. The summed E-state index contributed by atoms with van der Waals surface area (Å²) in [6, 6.07) is 1.26. The Hall–Kier alpha value is -0.800. The first kappa shape index (κ1) is 14.6. The Bertz CT molecular complexity index is 660. The Morgan fingerprint density at radius 3 is 2.79 bits per heavy atom. The number of sulfonamides is 1. The van der Waals surface area contributed by atoms with Crippen molar-refractivity contribution in [3.63, 3.8) is 0 Å². The van der Waals surface area contributed by atoms with E-state index in [4.69, 9.17) is 5.73 Å². The van der Waals surface area contributed by atoms with Crippen LogP contribution in [0.4, 0.5) is 0 Å². The van der Waals surface area contributed by atoms with Crippen molar-refractivity contribution in [2.75, 3.05) is 0 Å². The molecule has 1 atom stereocenters. The first-order valence-corrected chi connectivity index (χ1v) is 8.82. The van der Waals surface area contributed by atoms with Crippen LogP contribution in [0.25, 0.3) is 0 Å². The smallest absolute Gasteiger partial charge is 0.250 e. The monoisotopic (exact) mass is 317 g/mol. The lowest BCUT2D eigenvalue weighted by Crippen LogP contribution is -2.26. The summed E-state index contributed by atoms with van der Waals surface area (Å²) in [6.07, 6.45) is 1.74.